The topological polar surface area (TPSA) is 59.8 Å². The number of hydrogen-bond acceptors (Lipinski definition) is 6. The minimum absolute atomic E-state index is 0.631. The van der Waals surface area contributed by atoms with Gasteiger partial charge in [-0.1, -0.05) is 60.7 Å². The Balaban J connectivity index is 1.09. The summed E-state index contributed by atoms with van der Waals surface area (Å²) >= 11 is 0. The summed E-state index contributed by atoms with van der Waals surface area (Å²) in [7, 11) is 0. The molecule has 0 N–H and O–H groups in total. The van der Waals surface area contributed by atoms with Crippen LogP contribution in [0.4, 0.5) is 11.4 Å². The highest BCUT2D eigenvalue weighted by molar-refractivity contribution is 6.16. The summed E-state index contributed by atoms with van der Waals surface area (Å²) in [6.45, 7) is 0.661. The van der Waals surface area contributed by atoms with Crippen LogP contribution in [-0.4, -0.2) is 16.2 Å². The summed E-state index contributed by atoms with van der Waals surface area (Å²) in [5, 5.41) is 6.30. The van der Waals surface area contributed by atoms with Crippen molar-refractivity contribution < 1.29 is 13.6 Å². The molecule has 0 spiro atoms. The number of ether oxygens (including phenoxy) is 1. The predicted molar refractivity (Wildman–Crippen MR) is 205 cm³/mol. The molecule has 7 nitrogen and oxygen atoms in total. The van der Waals surface area contributed by atoms with Gasteiger partial charge in [0.2, 0.25) is 0 Å². The lowest BCUT2D eigenvalue weighted by Gasteiger charge is -2.22. The van der Waals surface area contributed by atoms with Crippen molar-refractivity contribution >= 4 is 77.1 Å². The summed E-state index contributed by atoms with van der Waals surface area (Å²) in [4.78, 5) is 9.15. The number of pyridine rings is 1. The Morgan fingerprint density at radius 2 is 1.24 bits per heavy atom. The van der Waals surface area contributed by atoms with Gasteiger partial charge < -0.3 is 23.4 Å². The van der Waals surface area contributed by atoms with Crippen LogP contribution in [0.2, 0.25) is 0 Å². The summed E-state index contributed by atoms with van der Waals surface area (Å²) in [6.07, 6.45) is 6.04. The molecule has 0 bridgehead atoms. The maximum absolute atomic E-state index is 6.86. The summed E-state index contributed by atoms with van der Waals surface area (Å²) in [5.74, 6) is 2.18. The third kappa shape index (κ3) is 4.35. The molecule has 0 unspecified atom stereocenters. The minimum atomic E-state index is 0.631. The Hall–Kier alpha value is -6.99. The Kier molecular flexibility index (Phi) is 5.89. The van der Waals surface area contributed by atoms with Crippen molar-refractivity contribution in [1.82, 2.24) is 9.55 Å². The molecule has 4 aromatic heterocycles. The van der Waals surface area contributed by atoms with E-state index in [1.54, 1.807) is 0 Å². The zero-order chi connectivity index (χ0) is 33.5. The number of furan rings is 2. The van der Waals surface area contributed by atoms with Crippen molar-refractivity contribution in [2.45, 2.75) is 0 Å². The molecular formula is C44H28N4O3. The third-order valence-corrected chi connectivity index (χ3v) is 9.92. The highest BCUT2D eigenvalue weighted by Crippen LogP contribution is 2.44. The summed E-state index contributed by atoms with van der Waals surface area (Å²) in [5.41, 5.74) is 7.36. The van der Waals surface area contributed by atoms with E-state index in [4.69, 9.17) is 18.6 Å². The van der Waals surface area contributed by atoms with E-state index in [0.29, 0.717) is 23.8 Å². The van der Waals surface area contributed by atoms with Crippen molar-refractivity contribution in [3.63, 3.8) is 0 Å². The molecule has 5 heterocycles. The second kappa shape index (κ2) is 10.8. The third-order valence-electron chi connectivity index (χ3n) is 9.92. The molecule has 1 aliphatic heterocycles. The number of hydrogen-bond donors (Lipinski definition) is 0. The van der Waals surface area contributed by atoms with Crippen LogP contribution in [-0.2, 0) is 0 Å². The van der Waals surface area contributed by atoms with Gasteiger partial charge in [0, 0.05) is 74.4 Å². The van der Waals surface area contributed by atoms with Crippen LogP contribution in [0.1, 0.15) is 0 Å². The van der Waals surface area contributed by atoms with Crippen molar-refractivity contribution in [2.24, 2.45) is 0 Å². The van der Waals surface area contributed by atoms with E-state index in [2.05, 4.69) is 118 Å². The number of aromatic nitrogens is 2. The Bertz CT molecular complexity index is 2990. The summed E-state index contributed by atoms with van der Waals surface area (Å²) in [6, 6.07) is 47.6. The van der Waals surface area contributed by atoms with Crippen LogP contribution in [0.5, 0.6) is 11.5 Å². The van der Waals surface area contributed by atoms with Crippen molar-refractivity contribution in [3.8, 4) is 17.3 Å². The van der Waals surface area contributed by atoms with Crippen LogP contribution in [0.15, 0.2) is 167 Å². The van der Waals surface area contributed by atoms with Gasteiger partial charge in [-0.25, -0.2) is 4.98 Å². The molecule has 0 amide bonds. The van der Waals surface area contributed by atoms with E-state index in [1.807, 2.05) is 54.7 Å². The quantitative estimate of drug-likeness (QED) is 0.183. The van der Waals surface area contributed by atoms with Gasteiger partial charge in [-0.3, -0.25) is 4.57 Å². The van der Waals surface area contributed by atoms with Gasteiger partial charge in [-0.2, -0.15) is 0 Å². The molecule has 0 atom stereocenters. The van der Waals surface area contributed by atoms with Crippen LogP contribution in [0.25, 0.3) is 71.5 Å². The molecule has 11 rings (SSSR count). The number of rotatable bonds is 5. The fourth-order valence-corrected chi connectivity index (χ4v) is 7.54. The summed E-state index contributed by atoms with van der Waals surface area (Å²) < 4.78 is 22.0. The second-order valence-electron chi connectivity index (χ2n) is 12.9. The van der Waals surface area contributed by atoms with Gasteiger partial charge in [0.15, 0.2) is 11.3 Å². The van der Waals surface area contributed by atoms with E-state index >= 15 is 0 Å². The minimum Gasteiger partial charge on any atom is -0.456 e. The van der Waals surface area contributed by atoms with Crippen LogP contribution >= 0.6 is 0 Å². The van der Waals surface area contributed by atoms with Gasteiger partial charge >= 0.3 is 0 Å². The fourth-order valence-electron chi connectivity index (χ4n) is 7.54. The highest BCUT2D eigenvalue weighted by Gasteiger charge is 2.22. The van der Waals surface area contributed by atoms with E-state index in [1.165, 1.54) is 0 Å². The molecule has 10 aromatic rings. The lowest BCUT2D eigenvalue weighted by molar-refractivity contribution is 0.477. The standard InChI is InChI=1S/C44H28N4O3/c1-2-10-28(11-3-1)46-20-21-47(27-46)29-22-36-35-26-40-34(33-13-5-7-15-39(33)50-40)25-41(35)51-44(36)42(23-29)49-30-17-18-32-31-12-4-6-14-37(31)48(38(32)24-30)43-16-8-9-19-45-43/h1-26H,27H2. The van der Waals surface area contributed by atoms with Crippen molar-refractivity contribution in [3.05, 3.63) is 158 Å². The zero-order valence-corrected chi connectivity index (χ0v) is 27.2. The molecule has 0 radical (unpaired) electrons. The monoisotopic (exact) mass is 660 g/mol. The Morgan fingerprint density at radius 1 is 0.510 bits per heavy atom. The number of anilines is 2. The molecule has 1 aliphatic rings. The van der Waals surface area contributed by atoms with E-state index in [9.17, 15) is 0 Å². The molecule has 6 aromatic carbocycles. The number of fused-ring (bicyclic) bond motifs is 9. The van der Waals surface area contributed by atoms with E-state index in [0.717, 1.165) is 77.3 Å². The maximum Gasteiger partial charge on any atom is 0.178 e. The second-order valence-corrected chi connectivity index (χ2v) is 12.9. The predicted octanol–water partition coefficient (Wildman–Crippen LogP) is 11.5. The van der Waals surface area contributed by atoms with Gasteiger partial charge in [0.05, 0.1) is 17.7 Å². The molecule has 51 heavy (non-hydrogen) atoms. The average molecular weight is 661 g/mol. The van der Waals surface area contributed by atoms with E-state index in [-0.39, 0.29) is 0 Å². The Labute approximate surface area is 291 Å². The van der Waals surface area contributed by atoms with Gasteiger partial charge in [0.1, 0.15) is 28.3 Å². The van der Waals surface area contributed by atoms with Gasteiger partial charge in [-0.15, -0.1) is 0 Å². The Morgan fingerprint density at radius 3 is 2.10 bits per heavy atom. The van der Waals surface area contributed by atoms with Gasteiger partial charge in [0.25, 0.3) is 0 Å². The van der Waals surface area contributed by atoms with Crippen LogP contribution < -0.4 is 14.5 Å². The largest absolute Gasteiger partial charge is 0.456 e. The smallest absolute Gasteiger partial charge is 0.178 e. The highest BCUT2D eigenvalue weighted by atomic mass is 16.5. The zero-order valence-electron chi connectivity index (χ0n) is 27.2. The molecular weight excluding hydrogens is 633 g/mol. The van der Waals surface area contributed by atoms with E-state index < -0.39 is 0 Å². The van der Waals surface area contributed by atoms with Crippen LogP contribution in [0, 0.1) is 0 Å². The fraction of sp³-hybridized carbons (Fsp3) is 0.0227. The lowest BCUT2D eigenvalue weighted by atomic mass is 10.1. The number of para-hydroxylation sites is 3. The first-order chi connectivity index (χ1) is 25.2. The lowest BCUT2D eigenvalue weighted by Crippen LogP contribution is -2.24. The molecule has 0 saturated heterocycles. The number of nitrogens with zero attached hydrogens (tertiary/aromatic N) is 4. The molecule has 242 valence electrons. The number of benzene rings is 6. The molecule has 0 fully saturated rings. The first kappa shape index (κ1) is 27.9. The first-order valence-corrected chi connectivity index (χ1v) is 17.0. The van der Waals surface area contributed by atoms with Crippen LogP contribution in [0.3, 0.4) is 0 Å². The van der Waals surface area contributed by atoms with Crippen molar-refractivity contribution in [1.29, 1.82) is 0 Å². The first-order valence-electron chi connectivity index (χ1n) is 17.0. The maximum atomic E-state index is 6.86. The molecule has 0 aliphatic carbocycles. The normalized spacial score (nSPS) is 13.3. The SMILES string of the molecule is C1=CN(c2cc(Oc3ccc4c5ccccc5n(-c5ccccn5)c4c3)c3oc4cc5c(cc4c3c2)oc2ccccc25)CN1c1ccccc1. The average Bonchev–Trinajstić information content (AvgIpc) is 3.97. The molecule has 7 heteroatoms. The molecule has 0 saturated carbocycles. The van der Waals surface area contributed by atoms with Gasteiger partial charge in [-0.05, 0) is 66.7 Å². The van der Waals surface area contributed by atoms with Crippen molar-refractivity contribution in [2.75, 3.05) is 16.5 Å².